The number of carboxylic acids is 1. The molecule has 30 heavy (non-hydrogen) atoms. The molecule has 0 unspecified atom stereocenters. The number of H-pyrrole nitrogens is 1. The lowest BCUT2D eigenvalue weighted by Gasteiger charge is -2.04. The second kappa shape index (κ2) is 8.88. The van der Waals surface area contributed by atoms with Crippen LogP contribution in [-0.4, -0.2) is 18.2 Å². The Hall–Kier alpha value is -3.51. The number of furan rings is 1. The van der Waals surface area contributed by atoms with Gasteiger partial charge in [0.15, 0.2) is 12.4 Å². The summed E-state index contributed by atoms with van der Waals surface area (Å²) in [6.07, 6.45) is 3.79. The summed E-state index contributed by atoms with van der Waals surface area (Å²) >= 11 is 1.71. The van der Waals surface area contributed by atoms with Gasteiger partial charge in [-0.05, 0) is 30.3 Å². The lowest BCUT2D eigenvalue weighted by molar-refractivity contribution is -0.378. The molecule has 0 atom stereocenters. The quantitative estimate of drug-likeness (QED) is 0.405. The van der Waals surface area contributed by atoms with Crippen molar-refractivity contribution in [2.75, 3.05) is 7.11 Å². The van der Waals surface area contributed by atoms with Crippen molar-refractivity contribution >= 4 is 17.7 Å². The predicted octanol–water partition coefficient (Wildman–Crippen LogP) is 5.43. The van der Waals surface area contributed by atoms with E-state index in [9.17, 15) is 9.90 Å². The number of ether oxygens (including phenoxy) is 1. The van der Waals surface area contributed by atoms with Crippen LogP contribution in [0.3, 0.4) is 0 Å². The molecule has 0 aliphatic rings. The van der Waals surface area contributed by atoms with Gasteiger partial charge in [0.25, 0.3) is 0 Å². The summed E-state index contributed by atoms with van der Waals surface area (Å²) < 4.78 is 11.6. The molecule has 2 aromatic heterocycles. The molecule has 2 aromatic carbocycles. The van der Waals surface area contributed by atoms with Crippen LogP contribution in [0.2, 0.25) is 0 Å². The van der Waals surface area contributed by atoms with Gasteiger partial charge in [-0.3, -0.25) is 0 Å². The molecule has 4 rings (SSSR count). The largest absolute Gasteiger partial charge is 0.497 e. The van der Waals surface area contributed by atoms with Crippen molar-refractivity contribution in [3.8, 4) is 28.4 Å². The molecule has 0 fully saturated rings. The number of rotatable bonds is 7. The molecule has 0 spiro atoms. The van der Waals surface area contributed by atoms with E-state index in [0.29, 0.717) is 5.75 Å². The van der Waals surface area contributed by atoms with Crippen molar-refractivity contribution < 1.29 is 24.0 Å². The Morgan fingerprint density at radius 1 is 1.03 bits per heavy atom. The minimum absolute atomic E-state index is 0.245. The van der Waals surface area contributed by atoms with Crippen LogP contribution < -0.4 is 9.72 Å². The van der Waals surface area contributed by atoms with Crippen molar-refractivity contribution in [1.29, 1.82) is 0 Å². The highest BCUT2D eigenvalue weighted by molar-refractivity contribution is 7.98. The smallest absolute Gasteiger partial charge is 0.335 e. The molecule has 0 bridgehead atoms. The van der Waals surface area contributed by atoms with E-state index in [2.05, 4.69) is 4.98 Å². The average Bonchev–Trinajstić information content (AvgIpc) is 3.23. The van der Waals surface area contributed by atoms with Crippen molar-refractivity contribution in [3.05, 3.63) is 90.3 Å². The van der Waals surface area contributed by atoms with Gasteiger partial charge in [-0.1, -0.05) is 24.3 Å². The number of hydrogen-bond donors (Lipinski definition) is 1. The number of aromatic nitrogens is 1. The van der Waals surface area contributed by atoms with E-state index in [1.165, 1.54) is 0 Å². The maximum atomic E-state index is 11.2. The van der Waals surface area contributed by atoms with E-state index in [-0.39, 0.29) is 5.56 Å². The van der Waals surface area contributed by atoms with Crippen molar-refractivity contribution in [3.63, 3.8) is 0 Å². The summed E-state index contributed by atoms with van der Waals surface area (Å²) in [5, 5.41) is 9.17. The van der Waals surface area contributed by atoms with Crippen molar-refractivity contribution in [2.45, 2.75) is 10.6 Å². The fourth-order valence-corrected chi connectivity index (χ4v) is 3.96. The van der Waals surface area contributed by atoms with E-state index < -0.39 is 5.97 Å². The zero-order chi connectivity index (χ0) is 20.9. The molecular weight excluding hydrogens is 398 g/mol. The molecule has 5 nitrogen and oxygen atoms in total. The Balaban J connectivity index is 1.71. The Labute approximate surface area is 178 Å². The van der Waals surface area contributed by atoms with Gasteiger partial charge in [0.1, 0.15) is 17.3 Å². The summed E-state index contributed by atoms with van der Waals surface area (Å²) in [4.78, 5) is 15.4. The normalized spacial score (nSPS) is 10.7. The molecular formula is C24H20NO4S+. The maximum Gasteiger partial charge on any atom is 0.335 e. The van der Waals surface area contributed by atoms with Gasteiger partial charge in [-0.2, -0.15) is 0 Å². The molecule has 2 heterocycles. The van der Waals surface area contributed by atoms with Gasteiger partial charge in [-0.25, -0.2) is 9.78 Å². The van der Waals surface area contributed by atoms with Crippen LogP contribution in [0.15, 0.2) is 88.4 Å². The second-order valence-corrected chi connectivity index (χ2v) is 7.65. The van der Waals surface area contributed by atoms with Gasteiger partial charge >= 0.3 is 5.97 Å². The SMILES string of the molecule is COc1cccc(-c2cc(CSc3cc[nH+]cc3)c(-c3ccc(C(=O)O)cc3)o2)c1. The number of nitrogens with one attached hydrogen (secondary N) is 1. The molecule has 0 aliphatic heterocycles. The first kappa shape index (κ1) is 19.8. The van der Waals surface area contributed by atoms with Crippen molar-refractivity contribution in [2.24, 2.45) is 0 Å². The topological polar surface area (TPSA) is 73.8 Å². The molecule has 4 aromatic rings. The Kier molecular flexibility index (Phi) is 5.86. The van der Waals surface area contributed by atoms with Crippen LogP contribution in [0.1, 0.15) is 15.9 Å². The second-order valence-electron chi connectivity index (χ2n) is 6.60. The number of aromatic amines is 1. The molecule has 0 radical (unpaired) electrons. The summed E-state index contributed by atoms with van der Waals surface area (Å²) in [5.41, 5.74) is 3.04. The lowest BCUT2D eigenvalue weighted by atomic mass is 10.1. The molecule has 0 amide bonds. The number of carbonyl (C=O) groups is 1. The summed E-state index contributed by atoms with van der Waals surface area (Å²) in [7, 11) is 1.63. The van der Waals surface area contributed by atoms with Crippen LogP contribution in [0.25, 0.3) is 22.6 Å². The van der Waals surface area contributed by atoms with E-state index >= 15 is 0 Å². The summed E-state index contributed by atoms with van der Waals surface area (Å²) in [5.74, 6) is 2.00. The van der Waals surface area contributed by atoms with Gasteiger partial charge < -0.3 is 14.3 Å². The number of methoxy groups -OCH3 is 1. The van der Waals surface area contributed by atoms with Gasteiger partial charge in [0, 0.05) is 39.5 Å². The molecule has 0 saturated heterocycles. The fraction of sp³-hybridized carbons (Fsp3) is 0.0833. The Morgan fingerprint density at radius 2 is 1.80 bits per heavy atom. The Bertz CT molecular complexity index is 1150. The fourth-order valence-electron chi connectivity index (χ4n) is 3.09. The zero-order valence-electron chi connectivity index (χ0n) is 16.3. The monoisotopic (exact) mass is 418 g/mol. The maximum absolute atomic E-state index is 11.2. The first-order valence-electron chi connectivity index (χ1n) is 9.34. The molecule has 150 valence electrons. The molecule has 2 N–H and O–H groups in total. The van der Waals surface area contributed by atoms with Crippen LogP contribution in [-0.2, 0) is 5.75 Å². The number of hydrogen-bond acceptors (Lipinski definition) is 4. The number of pyridine rings is 1. The summed E-state index contributed by atoms with van der Waals surface area (Å²) in [6, 6.07) is 20.6. The number of carboxylic acid groups (broad SMARTS) is 1. The van der Waals surface area contributed by atoms with Crippen LogP contribution >= 0.6 is 11.8 Å². The van der Waals surface area contributed by atoms with Crippen LogP contribution in [0.4, 0.5) is 0 Å². The first-order valence-corrected chi connectivity index (χ1v) is 10.3. The third-order valence-electron chi connectivity index (χ3n) is 4.64. The number of aromatic carboxylic acids is 1. The highest BCUT2D eigenvalue weighted by atomic mass is 32.2. The van der Waals surface area contributed by atoms with E-state index in [1.807, 2.05) is 54.9 Å². The van der Waals surface area contributed by atoms with Gasteiger partial charge in [-0.15, -0.1) is 11.8 Å². The van der Waals surface area contributed by atoms with Crippen LogP contribution in [0.5, 0.6) is 5.75 Å². The average molecular weight is 418 g/mol. The molecule has 0 saturated carbocycles. The standard InChI is InChI=1S/C24H19NO4S/c1-28-20-4-2-3-18(13-20)22-14-19(15-30-21-9-11-25-12-10-21)23(29-22)16-5-7-17(8-6-16)24(26)27/h2-14H,15H2,1H3,(H,26,27)/p+1. The molecule has 6 heteroatoms. The number of benzene rings is 2. The predicted molar refractivity (Wildman–Crippen MR) is 116 cm³/mol. The lowest BCUT2D eigenvalue weighted by Crippen LogP contribution is -1.96. The minimum atomic E-state index is -0.949. The van der Waals surface area contributed by atoms with Gasteiger partial charge in [0.05, 0.1) is 12.7 Å². The van der Waals surface area contributed by atoms with E-state index in [4.69, 9.17) is 9.15 Å². The highest BCUT2D eigenvalue weighted by Crippen LogP contribution is 2.37. The summed E-state index contributed by atoms with van der Waals surface area (Å²) in [6.45, 7) is 0. The highest BCUT2D eigenvalue weighted by Gasteiger charge is 2.16. The first-order chi connectivity index (χ1) is 14.6. The van der Waals surface area contributed by atoms with Gasteiger partial charge in [0.2, 0.25) is 0 Å². The zero-order valence-corrected chi connectivity index (χ0v) is 17.1. The number of thioether (sulfide) groups is 1. The third-order valence-corrected chi connectivity index (χ3v) is 5.70. The van der Waals surface area contributed by atoms with E-state index in [1.54, 1.807) is 43.1 Å². The minimum Gasteiger partial charge on any atom is -0.497 e. The van der Waals surface area contributed by atoms with Crippen molar-refractivity contribution in [1.82, 2.24) is 0 Å². The third kappa shape index (κ3) is 4.39. The molecule has 0 aliphatic carbocycles. The van der Waals surface area contributed by atoms with E-state index in [0.717, 1.165) is 38.9 Å². The van der Waals surface area contributed by atoms with Crippen LogP contribution in [0, 0.1) is 0 Å². The Morgan fingerprint density at radius 3 is 2.50 bits per heavy atom.